The summed E-state index contributed by atoms with van der Waals surface area (Å²) in [5.41, 5.74) is -0.664. The number of piperidine rings is 1. The summed E-state index contributed by atoms with van der Waals surface area (Å²) >= 11 is 0. The summed E-state index contributed by atoms with van der Waals surface area (Å²) in [6.07, 6.45) is 3.79. The SMILES string of the molecule is CCS(=O)(=O)N1CCCC(C(=O)N(C)C2(C#N)CCC2)C1. The van der Waals surface area contributed by atoms with E-state index in [1.807, 2.05) is 0 Å². The zero-order valence-corrected chi connectivity index (χ0v) is 13.5. The van der Waals surface area contributed by atoms with Gasteiger partial charge in [-0.1, -0.05) is 0 Å². The third-order valence-electron chi connectivity index (χ3n) is 4.85. The molecule has 0 N–H and O–H groups in total. The number of nitrogens with zero attached hydrogens (tertiary/aromatic N) is 3. The highest BCUT2D eigenvalue weighted by molar-refractivity contribution is 7.89. The van der Waals surface area contributed by atoms with E-state index in [4.69, 9.17) is 0 Å². The Morgan fingerprint density at radius 1 is 1.43 bits per heavy atom. The van der Waals surface area contributed by atoms with E-state index in [2.05, 4.69) is 6.07 Å². The molecule has 0 spiro atoms. The van der Waals surface area contributed by atoms with E-state index >= 15 is 0 Å². The van der Waals surface area contributed by atoms with Gasteiger partial charge in [0.05, 0.1) is 17.7 Å². The normalized spacial score (nSPS) is 25.7. The second-order valence-electron chi connectivity index (χ2n) is 5.99. The van der Waals surface area contributed by atoms with E-state index in [0.29, 0.717) is 19.4 Å². The lowest BCUT2D eigenvalue weighted by atomic mass is 9.76. The highest BCUT2D eigenvalue weighted by Gasteiger charge is 2.45. The van der Waals surface area contributed by atoms with Crippen molar-refractivity contribution in [1.82, 2.24) is 9.21 Å². The van der Waals surface area contributed by atoms with Crippen LogP contribution < -0.4 is 0 Å². The molecule has 1 atom stereocenters. The Labute approximate surface area is 126 Å². The van der Waals surface area contributed by atoms with Gasteiger partial charge in [0.2, 0.25) is 15.9 Å². The first-order chi connectivity index (χ1) is 9.86. The second kappa shape index (κ2) is 5.93. The van der Waals surface area contributed by atoms with E-state index in [9.17, 15) is 18.5 Å². The fourth-order valence-electron chi connectivity index (χ4n) is 3.10. The van der Waals surface area contributed by atoms with Crippen molar-refractivity contribution in [3.8, 4) is 6.07 Å². The number of hydrogen-bond donors (Lipinski definition) is 0. The van der Waals surface area contributed by atoms with Crippen molar-refractivity contribution >= 4 is 15.9 Å². The maximum Gasteiger partial charge on any atom is 0.228 e. The van der Waals surface area contributed by atoms with E-state index < -0.39 is 15.6 Å². The van der Waals surface area contributed by atoms with E-state index in [1.165, 1.54) is 4.31 Å². The highest BCUT2D eigenvalue weighted by Crippen LogP contribution is 2.37. The molecule has 1 aliphatic carbocycles. The van der Waals surface area contributed by atoms with Gasteiger partial charge in [-0.25, -0.2) is 12.7 Å². The van der Waals surface area contributed by atoms with Gasteiger partial charge in [-0.3, -0.25) is 4.79 Å². The molecule has 6 nitrogen and oxygen atoms in total. The van der Waals surface area contributed by atoms with Gasteiger partial charge in [0.25, 0.3) is 0 Å². The number of carbonyl (C=O) groups excluding carboxylic acids is 1. The van der Waals surface area contributed by atoms with Crippen LogP contribution in [-0.2, 0) is 14.8 Å². The van der Waals surface area contributed by atoms with Gasteiger partial charge < -0.3 is 4.90 Å². The predicted octanol–water partition coefficient (Wildman–Crippen LogP) is 0.953. The number of carbonyl (C=O) groups is 1. The first-order valence-electron chi connectivity index (χ1n) is 7.53. The monoisotopic (exact) mass is 313 g/mol. The van der Waals surface area contributed by atoms with Gasteiger partial charge in [0.15, 0.2) is 0 Å². The van der Waals surface area contributed by atoms with Crippen LogP contribution in [0.3, 0.4) is 0 Å². The van der Waals surface area contributed by atoms with Gasteiger partial charge in [-0.05, 0) is 39.0 Å². The molecule has 0 aromatic heterocycles. The Bertz CT molecular complexity index is 548. The lowest BCUT2D eigenvalue weighted by Gasteiger charge is -2.45. The summed E-state index contributed by atoms with van der Waals surface area (Å²) in [6.45, 7) is 2.36. The number of hydrogen-bond acceptors (Lipinski definition) is 4. The van der Waals surface area contributed by atoms with Crippen molar-refractivity contribution in [3.05, 3.63) is 0 Å². The summed E-state index contributed by atoms with van der Waals surface area (Å²) in [6, 6.07) is 2.26. The Kier molecular flexibility index (Phi) is 4.59. The van der Waals surface area contributed by atoms with E-state index in [0.717, 1.165) is 19.3 Å². The van der Waals surface area contributed by atoms with Crippen LogP contribution in [-0.4, -0.2) is 55.0 Å². The van der Waals surface area contributed by atoms with Crippen molar-refractivity contribution < 1.29 is 13.2 Å². The summed E-state index contributed by atoms with van der Waals surface area (Å²) in [4.78, 5) is 14.2. The predicted molar refractivity (Wildman–Crippen MR) is 78.7 cm³/mol. The van der Waals surface area contributed by atoms with Crippen LogP contribution in [0.4, 0.5) is 0 Å². The first-order valence-corrected chi connectivity index (χ1v) is 9.14. The molecule has 2 rings (SSSR count). The lowest BCUT2D eigenvalue weighted by Crippen LogP contribution is -2.56. The van der Waals surface area contributed by atoms with Crippen LogP contribution in [0.2, 0.25) is 0 Å². The van der Waals surface area contributed by atoms with Gasteiger partial charge in [-0.2, -0.15) is 5.26 Å². The number of sulfonamides is 1. The molecule has 1 heterocycles. The first kappa shape index (κ1) is 16.2. The molecule has 1 saturated heterocycles. The number of nitriles is 1. The van der Waals surface area contributed by atoms with Crippen molar-refractivity contribution in [3.63, 3.8) is 0 Å². The molecule has 1 amide bonds. The third kappa shape index (κ3) is 2.92. The van der Waals surface area contributed by atoms with Gasteiger partial charge >= 0.3 is 0 Å². The smallest absolute Gasteiger partial charge is 0.228 e. The standard InChI is InChI=1S/C14H23N3O3S/c1-3-21(19,20)17-9-4-6-12(10-17)13(18)16(2)14(11-15)7-5-8-14/h12H,3-10H2,1-2H3. The van der Waals surface area contributed by atoms with Crippen LogP contribution in [0.25, 0.3) is 0 Å². The molecule has 0 aromatic rings. The molecule has 1 aliphatic heterocycles. The minimum Gasteiger partial charge on any atom is -0.327 e. The molecule has 0 aromatic carbocycles. The van der Waals surface area contributed by atoms with Crippen LogP contribution in [0.1, 0.15) is 39.0 Å². The fourth-order valence-corrected chi connectivity index (χ4v) is 4.28. The van der Waals surface area contributed by atoms with Crippen molar-refractivity contribution in [1.29, 1.82) is 5.26 Å². The van der Waals surface area contributed by atoms with E-state index in [-0.39, 0.29) is 24.1 Å². The van der Waals surface area contributed by atoms with Crippen molar-refractivity contribution in [2.45, 2.75) is 44.6 Å². The average Bonchev–Trinajstić information content (AvgIpc) is 2.46. The van der Waals surface area contributed by atoms with Crippen molar-refractivity contribution in [2.75, 3.05) is 25.9 Å². The number of amides is 1. The molecular formula is C14H23N3O3S. The Morgan fingerprint density at radius 3 is 2.57 bits per heavy atom. The summed E-state index contributed by atoms with van der Waals surface area (Å²) < 4.78 is 25.3. The Morgan fingerprint density at radius 2 is 2.10 bits per heavy atom. The Balaban J connectivity index is 2.08. The Hall–Kier alpha value is -1.13. The van der Waals surface area contributed by atoms with Gasteiger partial charge in [0.1, 0.15) is 5.54 Å². The van der Waals surface area contributed by atoms with Crippen LogP contribution in [0.5, 0.6) is 0 Å². The van der Waals surface area contributed by atoms with E-state index in [1.54, 1.807) is 18.9 Å². The topological polar surface area (TPSA) is 81.5 Å². The second-order valence-corrected chi connectivity index (χ2v) is 8.25. The van der Waals surface area contributed by atoms with Gasteiger partial charge in [-0.15, -0.1) is 0 Å². The minimum absolute atomic E-state index is 0.0614. The molecule has 2 aliphatic rings. The molecule has 0 radical (unpaired) electrons. The quantitative estimate of drug-likeness (QED) is 0.774. The van der Waals surface area contributed by atoms with Crippen LogP contribution in [0, 0.1) is 17.2 Å². The molecule has 1 saturated carbocycles. The summed E-state index contributed by atoms with van der Waals surface area (Å²) in [7, 11) is -1.57. The van der Waals surface area contributed by atoms with Crippen LogP contribution in [0.15, 0.2) is 0 Å². The lowest BCUT2D eigenvalue weighted by molar-refractivity contribution is -0.141. The largest absolute Gasteiger partial charge is 0.327 e. The zero-order valence-electron chi connectivity index (χ0n) is 12.7. The average molecular weight is 313 g/mol. The summed E-state index contributed by atoms with van der Waals surface area (Å²) in [5.74, 6) is -0.352. The molecule has 118 valence electrons. The van der Waals surface area contributed by atoms with Gasteiger partial charge in [0, 0.05) is 20.1 Å². The number of rotatable bonds is 4. The van der Waals surface area contributed by atoms with Crippen molar-refractivity contribution in [2.24, 2.45) is 5.92 Å². The molecule has 7 heteroatoms. The zero-order chi connectivity index (χ0) is 15.7. The molecule has 21 heavy (non-hydrogen) atoms. The maximum absolute atomic E-state index is 12.6. The highest BCUT2D eigenvalue weighted by atomic mass is 32.2. The fraction of sp³-hybridized carbons (Fsp3) is 0.857. The third-order valence-corrected chi connectivity index (χ3v) is 6.70. The molecule has 0 bridgehead atoms. The van der Waals surface area contributed by atoms with Crippen LogP contribution >= 0.6 is 0 Å². The maximum atomic E-state index is 12.6. The molecule has 2 fully saturated rings. The minimum atomic E-state index is -3.25. The molecule has 1 unspecified atom stereocenters. The summed E-state index contributed by atoms with van der Waals surface area (Å²) in [5, 5.41) is 9.32. The molecular weight excluding hydrogens is 290 g/mol.